The molecule has 7 heteroatoms. The van der Waals surface area contributed by atoms with Crippen LogP contribution in [0.2, 0.25) is 10.0 Å². The SMILES string of the molecule is CN(C)c1c(NC(=O)[C@H]2CCOc3ccccc32)cnc2c(-c3cc(Cl)cc(Cl)c3)cccc12. The second kappa shape index (κ2) is 9.16. The van der Waals surface area contributed by atoms with Crippen molar-refractivity contribution in [1.82, 2.24) is 4.98 Å². The van der Waals surface area contributed by atoms with Gasteiger partial charge in [-0.3, -0.25) is 9.78 Å². The molecule has 0 bridgehead atoms. The molecular formula is C27H23Cl2N3O2. The standard InChI is InChI=1S/C27H23Cl2N3O2/c1-32(2)26-22-8-5-7-19(16-12-17(28)14-18(29)13-16)25(22)30-15-23(26)31-27(33)21-10-11-34-24-9-4-3-6-20(21)24/h3-9,12-15,21H,10-11H2,1-2H3,(H,31,33)/t21-/m0/s1. The number of halogens is 2. The molecule has 2 heterocycles. The van der Waals surface area contributed by atoms with Crippen molar-refractivity contribution in [3.8, 4) is 16.9 Å². The molecule has 3 aromatic carbocycles. The zero-order valence-corrected chi connectivity index (χ0v) is 20.3. The van der Waals surface area contributed by atoms with Crippen molar-refractivity contribution < 1.29 is 9.53 Å². The van der Waals surface area contributed by atoms with E-state index < -0.39 is 0 Å². The van der Waals surface area contributed by atoms with Gasteiger partial charge in [-0.25, -0.2) is 0 Å². The predicted octanol–water partition coefficient (Wildman–Crippen LogP) is 6.78. The maximum absolute atomic E-state index is 13.4. The maximum atomic E-state index is 13.4. The van der Waals surface area contributed by atoms with Crippen LogP contribution < -0.4 is 15.0 Å². The fourth-order valence-electron chi connectivity index (χ4n) is 4.56. The average Bonchev–Trinajstić information content (AvgIpc) is 2.82. The zero-order chi connectivity index (χ0) is 23.8. The first-order valence-electron chi connectivity index (χ1n) is 11.0. The molecule has 0 saturated carbocycles. The number of anilines is 2. The van der Waals surface area contributed by atoms with Gasteiger partial charge in [0, 0.05) is 40.7 Å². The number of fused-ring (bicyclic) bond motifs is 2. The molecule has 1 amide bonds. The fourth-order valence-corrected chi connectivity index (χ4v) is 5.08. The highest BCUT2D eigenvalue weighted by atomic mass is 35.5. The van der Waals surface area contributed by atoms with Gasteiger partial charge >= 0.3 is 0 Å². The van der Waals surface area contributed by atoms with Crippen molar-refractivity contribution in [2.75, 3.05) is 30.9 Å². The van der Waals surface area contributed by atoms with Gasteiger partial charge < -0.3 is 15.0 Å². The molecule has 34 heavy (non-hydrogen) atoms. The molecule has 1 N–H and O–H groups in total. The quantitative estimate of drug-likeness (QED) is 0.341. The molecule has 5 nitrogen and oxygen atoms in total. The minimum atomic E-state index is -0.282. The van der Waals surface area contributed by atoms with E-state index in [0.717, 1.165) is 39.0 Å². The van der Waals surface area contributed by atoms with E-state index in [1.54, 1.807) is 12.3 Å². The zero-order valence-electron chi connectivity index (χ0n) is 18.8. The van der Waals surface area contributed by atoms with Crippen LogP contribution in [0.4, 0.5) is 11.4 Å². The molecule has 0 aliphatic carbocycles. The molecule has 5 rings (SSSR count). The van der Waals surface area contributed by atoms with Crippen molar-refractivity contribution in [3.05, 3.63) is 82.5 Å². The van der Waals surface area contributed by atoms with Gasteiger partial charge in [0.2, 0.25) is 5.91 Å². The van der Waals surface area contributed by atoms with Crippen molar-refractivity contribution >= 4 is 51.4 Å². The molecule has 4 aromatic rings. The molecule has 1 atom stereocenters. The molecular weight excluding hydrogens is 469 g/mol. The van der Waals surface area contributed by atoms with Crippen LogP contribution >= 0.6 is 23.2 Å². The summed E-state index contributed by atoms with van der Waals surface area (Å²) in [7, 11) is 3.91. The summed E-state index contributed by atoms with van der Waals surface area (Å²) in [5, 5.41) is 5.18. The number of ether oxygens (including phenoxy) is 1. The summed E-state index contributed by atoms with van der Waals surface area (Å²) in [4.78, 5) is 20.1. The van der Waals surface area contributed by atoms with Crippen molar-refractivity contribution in [1.29, 1.82) is 0 Å². The van der Waals surface area contributed by atoms with Crippen LogP contribution in [0.15, 0.2) is 66.9 Å². The monoisotopic (exact) mass is 491 g/mol. The summed E-state index contributed by atoms with van der Waals surface area (Å²) in [5.74, 6) is 0.413. The van der Waals surface area contributed by atoms with Gasteiger partial charge in [-0.05, 0) is 36.2 Å². The molecule has 1 aromatic heterocycles. The Kier molecular flexibility index (Phi) is 6.07. The topological polar surface area (TPSA) is 54.5 Å². The Labute approximate surface area is 208 Å². The van der Waals surface area contributed by atoms with Crippen molar-refractivity contribution in [2.24, 2.45) is 0 Å². The number of amides is 1. The van der Waals surface area contributed by atoms with Crippen molar-refractivity contribution in [2.45, 2.75) is 12.3 Å². The van der Waals surface area contributed by atoms with Gasteiger partial charge in [-0.15, -0.1) is 0 Å². The molecule has 0 saturated heterocycles. The number of hydrogen-bond donors (Lipinski definition) is 1. The van der Waals surface area contributed by atoms with Gasteiger partial charge in [0.25, 0.3) is 0 Å². The van der Waals surface area contributed by atoms with E-state index in [0.29, 0.717) is 28.8 Å². The van der Waals surface area contributed by atoms with E-state index in [1.807, 2.05) is 73.6 Å². The van der Waals surface area contributed by atoms with Crippen LogP contribution in [0.1, 0.15) is 17.9 Å². The van der Waals surface area contributed by atoms with E-state index >= 15 is 0 Å². The highest BCUT2D eigenvalue weighted by molar-refractivity contribution is 6.35. The van der Waals surface area contributed by atoms with Crippen LogP contribution in [0.5, 0.6) is 5.75 Å². The smallest absolute Gasteiger partial charge is 0.232 e. The highest BCUT2D eigenvalue weighted by Gasteiger charge is 2.28. The lowest BCUT2D eigenvalue weighted by Crippen LogP contribution is -2.27. The van der Waals surface area contributed by atoms with E-state index in [1.165, 1.54) is 0 Å². The Balaban J connectivity index is 1.57. The minimum absolute atomic E-state index is 0.0715. The van der Waals surface area contributed by atoms with Gasteiger partial charge in [0.1, 0.15) is 5.75 Å². The number of nitrogens with zero attached hydrogens (tertiary/aromatic N) is 2. The Bertz CT molecular complexity index is 1380. The third-order valence-corrected chi connectivity index (χ3v) is 6.46. The normalized spacial score (nSPS) is 14.9. The van der Waals surface area contributed by atoms with Gasteiger partial charge in [0.15, 0.2) is 0 Å². The molecule has 0 spiro atoms. The summed E-state index contributed by atoms with van der Waals surface area (Å²) in [5.41, 5.74) is 5.06. The molecule has 172 valence electrons. The predicted molar refractivity (Wildman–Crippen MR) is 139 cm³/mol. The molecule has 0 radical (unpaired) electrons. The number of para-hydroxylation sites is 2. The first-order chi connectivity index (χ1) is 16.4. The Hall–Kier alpha value is -3.28. The number of pyridine rings is 1. The van der Waals surface area contributed by atoms with Crippen LogP contribution in [-0.2, 0) is 4.79 Å². The van der Waals surface area contributed by atoms with Crippen LogP contribution in [0.25, 0.3) is 22.0 Å². The largest absolute Gasteiger partial charge is 0.493 e. The number of aromatic nitrogens is 1. The van der Waals surface area contributed by atoms with Gasteiger partial charge in [-0.2, -0.15) is 0 Å². The number of carbonyl (C=O) groups is 1. The Morgan fingerprint density at radius 1 is 1.06 bits per heavy atom. The third-order valence-electron chi connectivity index (χ3n) is 6.02. The first-order valence-corrected chi connectivity index (χ1v) is 11.8. The van der Waals surface area contributed by atoms with Gasteiger partial charge in [0.05, 0.1) is 35.6 Å². The lowest BCUT2D eigenvalue weighted by molar-refractivity contribution is -0.118. The third kappa shape index (κ3) is 4.17. The number of hydrogen-bond acceptors (Lipinski definition) is 4. The van der Waals surface area contributed by atoms with Crippen molar-refractivity contribution in [3.63, 3.8) is 0 Å². The second-order valence-electron chi connectivity index (χ2n) is 8.49. The lowest BCUT2D eigenvalue weighted by Gasteiger charge is -2.26. The Morgan fingerprint density at radius 2 is 1.82 bits per heavy atom. The van der Waals surface area contributed by atoms with E-state index in [-0.39, 0.29) is 11.8 Å². The van der Waals surface area contributed by atoms with Gasteiger partial charge in [-0.1, -0.05) is 59.6 Å². The van der Waals surface area contributed by atoms with Crippen LogP contribution in [0, 0.1) is 0 Å². The summed E-state index contributed by atoms with van der Waals surface area (Å²) in [6.45, 7) is 0.511. The first kappa shape index (κ1) is 22.5. The summed E-state index contributed by atoms with van der Waals surface area (Å²) in [6, 6.07) is 19.1. The number of benzene rings is 3. The second-order valence-corrected chi connectivity index (χ2v) is 9.36. The number of carbonyl (C=O) groups excluding carboxylic acids is 1. The Morgan fingerprint density at radius 3 is 2.59 bits per heavy atom. The number of nitrogens with one attached hydrogen (secondary N) is 1. The number of rotatable bonds is 4. The summed E-state index contributed by atoms with van der Waals surface area (Å²) < 4.78 is 5.73. The van der Waals surface area contributed by atoms with Crippen LogP contribution in [0.3, 0.4) is 0 Å². The van der Waals surface area contributed by atoms with E-state index in [9.17, 15) is 4.79 Å². The maximum Gasteiger partial charge on any atom is 0.232 e. The average molecular weight is 492 g/mol. The van der Waals surface area contributed by atoms with Crippen LogP contribution in [-0.4, -0.2) is 31.6 Å². The van der Waals surface area contributed by atoms with E-state index in [4.69, 9.17) is 32.9 Å². The summed E-state index contributed by atoms with van der Waals surface area (Å²) >= 11 is 12.5. The fraction of sp³-hybridized carbons (Fsp3) is 0.185. The molecule has 0 fully saturated rings. The van der Waals surface area contributed by atoms with E-state index in [2.05, 4.69) is 5.32 Å². The highest BCUT2D eigenvalue weighted by Crippen LogP contribution is 2.39. The molecule has 0 unspecified atom stereocenters. The lowest BCUT2D eigenvalue weighted by atomic mass is 9.92. The minimum Gasteiger partial charge on any atom is -0.493 e. The molecule has 1 aliphatic rings. The molecule has 1 aliphatic heterocycles. The summed E-state index contributed by atoms with van der Waals surface area (Å²) in [6.07, 6.45) is 2.34.